The van der Waals surface area contributed by atoms with E-state index in [1.54, 1.807) is 79.7 Å². The molecule has 0 unspecified atom stereocenters. The summed E-state index contributed by atoms with van der Waals surface area (Å²) in [6.45, 7) is 3.63. The summed E-state index contributed by atoms with van der Waals surface area (Å²) >= 11 is 6.15. The number of hydrogen-bond acceptors (Lipinski definition) is 4. The average molecular weight is 456 g/mol. The standard InChI is InChI=1S/C24H22ClNO4S/c1-3-31(29)21-12-8-7-11-19(21)24(28)30-22(17-9-5-4-6-10-17)23(27)26-18-14-13-16(2)20(25)15-18/h4-15,22H,3H2,1-2H3,(H,26,27)/t22-,31+/m1/s1. The molecule has 3 aromatic carbocycles. The van der Waals surface area contributed by atoms with E-state index in [0.29, 0.717) is 26.9 Å². The first-order valence-corrected chi connectivity index (χ1v) is 11.4. The summed E-state index contributed by atoms with van der Waals surface area (Å²) in [5.74, 6) is -0.877. The van der Waals surface area contributed by atoms with Gasteiger partial charge in [-0.3, -0.25) is 9.00 Å². The number of halogens is 1. The summed E-state index contributed by atoms with van der Waals surface area (Å²) in [5, 5.41) is 3.27. The van der Waals surface area contributed by atoms with Gasteiger partial charge in [0.05, 0.1) is 21.3 Å². The van der Waals surface area contributed by atoms with Crippen molar-refractivity contribution < 1.29 is 18.5 Å². The minimum absolute atomic E-state index is 0.176. The molecule has 5 nitrogen and oxygen atoms in total. The van der Waals surface area contributed by atoms with Crippen molar-refractivity contribution in [1.29, 1.82) is 0 Å². The molecular weight excluding hydrogens is 434 g/mol. The zero-order chi connectivity index (χ0) is 22.4. The first kappa shape index (κ1) is 22.7. The lowest BCUT2D eigenvalue weighted by Crippen LogP contribution is -2.26. The van der Waals surface area contributed by atoms with Crippen molar-refractivity contribution in [2.75, 3.05) is 11.1 Å². The third-order valence-electron chi connectivity index (χ3n) is 4.62. The van der Waals surface area contributed by atoms with Gasteiger partial charge in [0, 0.05) is 22.0 Å². The van der Waals surface area contributed by atoms with Gasteiger partial charge >= 0.3 is 5.97 Å². The van der Waals surface area contributed by atoms with Crippen LogP contribution in [0.3, 0.4) is 0 Å². The van der Waals surface area contributed by atoms with Crippen LogP contribution in [0.2, 0.25) is 5.02 Å². The van der Waals surface area contributed by atoms with E-state index in [2.05, 4.69) is 5.32 Å². The molecule has 0 spiro atoms. The quantitative estimate of drug-likeness (QED) is 0.490. The first-order chi connectivity index (χ1) is 14.9. The van der Waals surface area contributed by atoms with Crippen molar-refractivity contribution in [3.63, 3.8) is 0 Å². The van der Waals surface area contributed by atoms with E-state index in [4.69, 9.17) is 16.3 Å². The molecule has 0 radical (unpaired) electrons. The van der Waals surface area contributed by atoms with Crippen LogP contribution >= 0.6 is 11.6 Å². The number of aryl methyl sites for hydroxylation is 1. The SMILES string of the molecule is CC[S@](=O)c1ccccc1C(=O)O[C@@H](C(=O)Nc1ccc(C)c(Cl)c1)c1ccccc1. The molecule has 31 heavy (non-hydrogen) atoms. The van der Waals surface area contributed by atoms with Gasteiger partial charge in [-0.05, 0) is 36.8 Å². The molecular formula is C24H22ClNO4S. The number of ether oxygens (including phenoxy) is 1. The van der Waals surface area contributed by atoms with Crippen LogP contribution < -0.4 is 5.32 Å². The zero-order valence-corrected chi connectivity index (χ0v) is 18.7. The van der Waals surface area contributed by atoms with Crippen LogP contribution in [0.5, 0.6) is 0 Å². The van der Waals surface area contributed by atoms with Crippen LogP contribution in [-0.4, -0.2) is 21.8 Å². The van der Waals surface area contributed by atoms with E-state index in [-0.39, 0.29) is 5.56 Å². The van der Waals surface area contributed by atoms with E-state index >= 15 is 0 Å². The van der Waals surface area contributed by atoms with E-state index in [0.717, 1.165) is 5.56 Å². The molecule has 1 amide bonds. The zero-order valence-electron chi connectivity index (χ0n) is 17.1. The van der Waals surface area contributed by atoms with E-state index in [1.165, 1.54) is 0 Å². The lowest BCUT2D eigenvalue weighted by molar-refractivity contribution is -0.125. The van der Waals surface area contributed by atoms with Crippen LogP contribution in [0.1, 0.15) is 34.5 Å². The molecule has 0 bridgehead atoms. The largest absolute Gasteiger partial charge is 0.444 e. The topological polar surface area (TPSA) is 72.5 Å². The van der Waals surface area contributed by atoms with Crippen molar-refractivity contribution in [2.24, 2.45) is 0 Å². The van der Waals surface area contributed by atoms with E-state index in [1.807, 2.05) is 6.92 Å². The third-order valence-corrected chi connectivity index (χ3v) is 6.40. The Bertz CT molecular complexity index is 1120. The third kappa shape index (κ3) is 5.60. The maximum absolute atomic E-state index is 13.1. The number of anilines is 1. The van der Waals surface area contributed by atoms with E-state index < -0.39 is 28.8 Å². The smallest absolute Gasteiger partial charge is 0.340 e. The molecule has 3 aromatic rings. The Labute approximate surface area is 188 Å². The molecule has 3 rings (SSSR count). The number of carbonyl (C=O) groups is 2. The molecule has 160 valence electrons. The van der Waals surface area contributed by atoms with Gasteiger partial charge in [0.2, 0.25) is 6.10 Å². The molecule has 0 aliphatic carbocycles. The number of rotatable bonds is 7. The van der Waals surface area contributed by atoms with Gasteiger partial charge < -0.3 is 10.1 Å². The second kappa shape index (κ2) is 10.4. The fraction of sp³-hybridized carbons (Fsp3) is 0.167. The molecule has 0 aliphatic heterocycles. The summed E-state index contributed by atoms with van der Waals surface area (Å²) in [6, 6.07) is 20.4. The Kier molecular flexibility index (Phi) is 7.60. The fourth-order valence-electron chi connectivity index (χ4n) is 2.94. The van der Waals surface area contributed by atoms with Crippen LogP contribution in [0.15, 0.2) is 77.7 Å². The minimum Gasteiger partial charge on any atom is -0.444 e. The summed E-state index contributed by atoms with van der Waals surface area (Å²) < 4.78 is 18.0. The van der Waals surface area contributed by atoms with Crippen molar-refractivity contribution >= 4 is 40.0 Å². The van der Waals surface area contributed by atoms with Gasteiger partial charge in [-0.25, -0.2) is 4.79 Å². The molecule has 0 heterocycles. The fourth-order valence-corrected chi connectivity index (χ4v) is 4.06. The van der Waals surface area contributed by atoms with Crippen molar-refractivity contribution in [2.45, 2.75) is 24.8 Å². The van der Waals surface area contributed by atoms with Gasteiger partial charge in [-0.1, -0.05) is 67.1 Å². The lowest BCUT2D eigenvalue weighted by atomic mass is 10.1. The highest BCUT2D eigenvalue weighted by Gasteiger charge is 2.27. The van der Waals surface area contributed by atoms with Gasteiger partial charge in [-0.15, -0.1) is 0 Å². The van der Waals surface area contributed by atoms with E-state index in [9.17, 15) is 13.8 Å². The lowest BCUT2D eigenvalue weighted by Gasteiger charge is -2.19. The van der Waals surface area contributed by atoms with Crippen molar-refractivity contribution in [1.82, 2.24) is 0 Å². The predicted molar refractivity (Wildman–Crippen MR) is 123 cm³/mol. The number of amides is 1. The van der Waals surface area contributed by atoms with Crippen molar-refractivity contribution in [3.8, 4) is 0 Å². The molecule has 7 heteroatoms. The maximum atomic E-state index is 13.1. The Balaban J connectivity index is 1.90. The number of esters is 1. The molecule has 0 fully saturated rings. The summed E-state index contributed by atoms with van der Waals surface area (Å²) in [5.41, 5.74) is 2.06. The second-order valence-electron chi connectivity index (χ2n) is 6.78. The maximum Gasteiger partial charge on any atom is 0.340 e. The molecule has 0 aromatic heterocycles. The Morgan fingerprint density at radius 2 is 1.71 bits per heavy atom. The number of nitrogens with one attached hydrogen (secondary N) is 1. The molecule has 0 saturated heterocycles. The number of hydrogen-bond donors (Lipinski definition) is 1. The average Bonchev–Trinajstić information content (AvgIpc) is 2.79. The second-order valence-corrected chi connectivity index (χ2v) is 8.90. The number of carbonyl (C=O) groups excluding carboxylic acids is 2. The Hall–Kier alpha value is -2.96. The van der Waals surface area contributed by atoms with Gasteiger partial charge in [0.15, 0.2) is 0 Å². The van der Waals surface area contributed by atoms with Gasteiger partial charge in [-0.2, -0.15) is 0 Å². The molecule has 0 saturated carbocycles. The minimum atomic E-state index is -1.34. The van der Waals surface area contributed by atoms with Crippen LogP contribution in [0, 0.1) is 6.92 Å². The van der Waals surface area contributed by atoms with Gasteiger partial charge in [0.25, 0.3) is 5.91 Å². The van der Waals surface area contributed by atoms with Crippen molar-refractivity contribution in [3.05, 3.63) is 94.5 Å². The molecule has 1 N–H and O–H groups in total. The van der Waals surface area contributed by atoms with Gasteiger partial charge in [0.1, 0.15) is 0 Å². The number of benzene rings is 3. The van der Waals surface area contributed by atoms with Crippen LogP contribution in [0.25, 0.3) is 0 Å². The van der Waals surface area contributed by atoms with Crippen LogP contribution in [0.4, 0.5) is 5.69 Å². The highest BCUT2D eigenvalue weighted by atomic mass is 35.5. The molecule has 2 atom stereocenters. The van der Waals surface area contributed by atoms with Crippen LogP contribution in [-0.2, 0) is 20.3 Å². The molecule has 0 aliphatic rings. The predicted octanol–water partition coefficient (Wildman–Crippen LogP) is 5.31. The Morgan fingerprint density at radius 3 is 2.39 bits per heavy atom. The normalized spacial score (nSPS) is 12.6. The summed E-state index contributed by atoms with van der Waals surface area (Å²) in [4.78, 5) is 26.4. The highest BCUT2D eigenvalue weighted by molar-refractivity contribution is 7.85. The highest BCUT2D eigenvalue weighted by Crippen LogP contribution is 2.25. The summed E-state index contributed by atoms with van der Waals surface area (Å²) in [7, 11) is -1.34. The Morgan fingerprint density at radius 1 is 1.03 bits per heavy atom. The monoisotopic (exact) mass is 455 g/mol. The first-order valence-electron chi connectivity index (χ1n) is 9.71. The summed E-state index contributed by atoms with van der Waals surface area (Å²) in [6.07, 6.45) is -1.20.